The van der Waals surface area contributed by atoms with Gasteiger partial charge >= 0.3 is 0 Å². The van der Waals surface area contributed by atoms with Gasteiger partial charge in [0.05, 0.1) is 11.8 Å². The predicted molar refractivity (Wildman–Crippen MR) is 78.4 cm³/mol. The van der Waals surface area contributed by atoms with Crippen LogP contribution in [0.1, 0.15) is 44.2 Å². The first-order valence-electron chi connectivity index (χ1n) is 7.53. The van der Waals surface area contributed by atoms with Gasteiger partial charge in [-0.1, -0.05) is 6.07 Å². The molecule has 2 fully saturated rings. The number of nitrogens with one attached hydrogen (secondary N) is 1. The molecular formula is C16H23FN2O. The van der Waals surface area contributed by atoms with Gasteiger partial charge in [-0.15, -0.1) is 0 Å². The van der Waals surface area contributed by atoms with Gasteiger partial charge < -0.3 is 15.3 Å². The lowest BCUT2D eigenvalue weighted by Gasteiger charge is -2.39. The van der Waals surface area contributed by atoms with Crippen molar-refractivity contribution in [2.75, 3.05) is 11.9 Å². The number of fused-ring (bicyclic) bond motifs is 2. The summed E-state index contributed by atoms with van der Waals surface area (Å²) in [5.41, 5.74) is 1.68. The number of hydrogen-bond donors (Lipinski definition) is 2. The van der Waals surface area contributed by atoms with Gasteiger partial charge in [0.2, 0.25) is 0 Å². The summed E-state index contributed by atoms with van der Waals surface area (Å²) in [5, 5.41) is 13.0. The minimum atomic E-state index is -0.213. The zero-order valence-electron chi connectivity index (χ0n) is 12.1. The van der Waals surface area contributed by atoms with Crippen molar-refractivity contribution in [1.29, 1.82) is 0 Å². The molecule has 3 unspecified atom stereocenters. The van der Waals surface area contributed by atoms with E-state index >= 15 is 0 Å². The second-order valence-electron chi connectivity index (χ2n) is 6.14. The minimum Gasteiger partial charge on any atom is -0.393 e. The van der Waals surface area contributed by atoms with Crippen LogP contribution in [0.4, 0.5) is 10.1 Å². The van der Waals surface area contributed by atoms with E-state index < -0.39 is 0 Å². The van der Waals surface area contributed by atoms with Gasteiger partial charge in [-0.2, -0.15) is 0 Å². The van der Waals surface area contributed by atoms with E-state index in [1.165, 1.54) is 0 Å². The molecule has 0 saturated carbocycles. The minimum absolute atomic E-state index is 0.141. The van der Waals surface area contributed by atoms with Crippen molar-refractivity contribution in [3.8, 4) is 0 Å². The number of rotatable bonds is 3. The van der Waals surface area contributed by atoms with Crippen LogP contribution in [0.3, 0.4) is 0 Å². The summed E-state index contributed by atoms with van der Waals surface area (Å²) in [7, 11) is 1.88. The second-order valence-corrected chi connectivity index (χ2v) is 6.14. The van der Waals surface area contributed by atoms with Crippen LogP contribution in [0.25, 0.3) is 0 Å². The molecule has 110 valence electrons. The highest BCUT2D eigenvalue weighted by atomic mass is 19.1. The quantitative estimate of drug-likeness (QED) is 0.892. The fourth-order valence-electron chi connectivity index (χ4n) is 3.71. The van der Waals surface area contributed by atoms with Crippen molar-refractivity contribution < 1.29 is 9.50 Å². The highest BCUT2D eigenvalue weighted by Gasteiger charge is 2.41. The molecule has 2 aliphatic rings. The predicted octanol–water partition coefficient (Wildman–Crippen LogP) is 2.60. The maximum Gasteiger partial charge on any atom is 0.146 e. The van der Waals surface area contributed by atoms with Crippen molar-refractivity contribution in [2.24, 2.45) is 0 Å². The molecule has 0 spiro atoms. The van der Waals surface area contributed by atoms with Crippen LogP contribution in [0.2, 0.25) is 0 Å². The van der Waals surface area contributed by atoms with Crippen LogP contribution < -0.4 is 10.2 Å². The average Bonchev–Trinajstić information content (AvgIpc) is 2.69. The molecule has 1 aromatic carbocycles. The molecule has 0 radical (unpaired) electrons. The van der Waals surface area contributed by atoms with Gasteiger partial charge in [-0.05, 0) is 57.4 Å². The monoisotopic (exact) mass is 278 g/mol. The number of piperidine rings is 1. The molecule has 3 nitrogen and oxygen atoms in total. The summed E-state index contributed by atoms with van der Waals surface area (Å²) in [5.74, 6) is -0.141. The molecule has 0 aliphatic carbocycles. The largest absolute Gasteiger partial charge is 0.393 e. The van der Waals surface area contributed by atoms with Gasteiger partial charge in [0.25, 0.3) is 0 Å². The molecule has 2 aliphatic heterocycles. The second kappa shape index (κ2) is 5.34. The maximum absolute atomic E-state index is 14.5. The normalized spacial score (nSPS) is 30.6. The molecule has 3 rings (SSSR count). The Hall–Kier alpha value is -1.13. The Morgan fingerprint density at radius 3 is 2.50 bits per heavy atom. The summed E-state index contributed by atoms with van der Waals surface area (Å²) in [6.45, 7) is 2.02. The van der Waals surface area contributed by atoms with Crippen LogP contribution in [0.5, 0.6) is 0 Å². The van der Waals surface area contributed by atoms with Gasteiger partial charge in [0.15, 0.2) is 0 Å². The number of hydrogen-bond acceptors (Lipinski definition) is 3. The Morgan fingerprint density at radius 1 is 1.30 bits per heavy atom. The third-order valence-electron chi connectivity index (χ3n) is 4.89. The lowest BCUT2D eigenvalue weighted by molar-refractivity contribution is 0.126. The fraction of sp³-hybridized carbons (Fsp3) is 0.625. The Balaban J connectivity index is 1.88. The molecule has 2 saturated heterocycles. The number of anilines is 1. The van der Waals surface area contributed by atoms with E-state index in [4.69, 9.17) is 0 Å². The van der Waals surface area contributed by atoms with Gasteiger partial charge in [0, 0.05) is 18.1 Å². The van der Waals surface area contributed by atoms with Crippen LogP contribution in [0, 0.1) is 5.82 Å². The van der Waals surface area contributed by atoms with E-state index in [-0.39, 0.29) is 18.0 Å². The van der Waals surface area contributed by atoms with Crippen LogP contribution in [0.15, 0.2) is 18.2 Å². The molecule has 2 heterocycles. The summed E-state index contributed by atoms with van der Waals surface area (Å²) in [6.07, 6.45) is 3.45. The molecule has 0 amide bonds. The molecule has 2 N–H and O–H groups in total. The standard InChI is InChI=1S/C16H23FN2O/c1-10(18-2)11-3-6-16(15(17)7-11)19-12-4-5-13(19)9-14(20)8-12/h3,6-7,10,12-14,18,20H,4-5,8-9H2,1-2H3. The first-order valence-corrected chi connectivity index (χ1v) is 7.53. The van der Waals surface area contributed by atoms with Crippen LogP contribution in [-0.2, 0) is 0 Å². The third-order valence-corrected chi connectivity index (χ3v) is 4.89. The number of aliphatic hydroxyl groups is 1. The Bertz CT molecular complexity index is 479. The van der Waals surface area contributed by atoms with Crippen molar-refractivity contribution in [2.45, 2.75) is 56.8 Å². The first-order chi connectivity index (χ1) is 9.60. The number of halogens is 1. The molecule has 3 atom stereocenters. The van der Waals surface area contributed by atoms with Gasteiger partial charge in [-0.25, -0.2) is 4.39 Å². The molecule has 1 aromatic rings. The first kappa shape index (κ1) is 13.8. The van der Waals surface area contributed by atoms with Crippen molar-refractivity contribution in [3.05, 3.63) is 29.6 Å². The summed E-state index contributed by atoms with van der Waals surface area (Å²) in [4.78, 5) is 2.20. The Kier molecular flexibility index (Phi) is 3.69. The Morgan fingerprint density at radius 2 is 1.95 bits per heavy atom. The number of aliphatic hydroxyl groups excluding tert-OH is 1. The molecule has 4 heteroatoms. The van der Waals surface area contributed by atoms with E-state index in [0.29, 0.717) is 17.8 Å². The summed E-state index contributed by atoms with van der Waals surface area (Å²) < 4.78 is 14.5. The Labute approximate surface area is 119 Å². The zero-order valence-corrected chi connectivity index (χ0v) is 12.1. The van der Waals surface area contributed by atoms with E-state index in [1.54, 1.807) is 6.07 Å². The van der Waals surface area contributed by atoms with Gasteiger partial charge in [-0.3, -0.25) is 0 Å². The topological polar surface area (TPSA) is 35.5 Å². The van der Waals surface area contributed by atoms with Crippen LogP contribution in [-0.4, -0.2) is 30.3 Å². The highest BCUT2D eigenvalue weighted by Crippen LogP contribution is 2.40. The summed E-state index contributed by atoms with van der Waals surface area (Å²) >= 11 is 0. The van der Waals surface area contributed by atoms with Crippen molar-refractivity contribution in [1.82, 2.24) is 5.32 Å². The lowest BCUT2D eigenvalue weighted by Crippen LogP contribution is -2.45. The molecule has 0 aromatic heterocycles. The van der Waals surface area contributed by atoms with Gasteiger partial charge in [0.1, 0.15) is 5.82 Å². The number of benzene rings is 1. The highest BCUT2D eigenvalue weighted by molar-refractivity contribution is 5.53. The van der Waals surface area contributed by atoms with E-state index in [1.807, 2.05) is 26.1 Å². The van der Waals surface area contributed by atoms with E-state index in [0.717, 1.165) is 31.2 Å². The summed E-state index contributed by atoms with van der Waals surface area (Å²) in [6, 6.07) is 6.29. The van der Waals surface area contributed by atoms with E-state index in [2.05, 4.69) is 10.2 Å². The smallest absolute Gasteiger partial charge is 0.146 e. The molecular weight excluding hydrogens is 255 g/mol. The SMILES string of the molecule is CNC(C)c1ccc(N2C3CCC2CC(O)C3)c(F)c1. The number of nitrogens with zero attached hydrogens (tertiary/aromatic N) is 1. The van der Waals surface area contributed by atoms with Crippen LogP contribution >= 0.6 is 0 Å². The van der Waals surface area contributed by atoms with Crippen molar-refractivity contribution in [3.63, 3.8) is 0 Å². The molecule has 2 bridgehead atoms. The average molecular weight is 278 g/mol. The zero-order chi connectivity index (χ0) is 14.3. The van der Waals surface area contributed by atoms with Crippen molar-refractivity contribution >= 4 is 5.69 Å². The lowest BCUT2D eigenvalue weighted by atomic mass is 9.98. The fourth-order valence-corrected chi connectivity index (χ4v) is 3.71. The molecule has 20 heavy (non-hydrogen) atoms. The third kappa shape index (κ3) is 2.31. The maximum atomic E-state index is 14.5. The van der Waals surface area contributed by atoms with E-state index in [9.17, 15) is 9.50 Å².